The van der Waals surface area contributed by atoms with Gasteiger partial charge < -0.3 is 5.73 Å². The SMILES string of the molecule is NCCC1CC(C2CCCC2)C1. The molecule has 1 nitrogen and oxygen atoms in total. The van der Waals surface area contributed by atoms with Gasteiger partial charge in [-0.3, -0.25) is 0 Å². The van der Waals surface area contributed by atoms with Gasteiger partial charge in [-0.1, -0.05) is 25.7 Å². The van der Waals surface area contributed by atoms with Gasteiger partial charge in [0.1, 0.15) is 0 Å². The standard InChI is InChI=1S/C11H21N/c12-6-5-9-7-11(8-9)10-3-1-2-4-10/h9-11H,1-8,12H2. The first-order valence-corrected chi connectivity index (χ1v) is 5.60. The van der Waals surface area contributed by atoms with Crippen molar-refractivity contribution in [2.75, 3.05) is 6.54 Å². The van der Waals surface area contributed by atoms with Gasteiger partial charge >= 0.3 is 0 Å². The van der Waals surface area contributed by atoms with Crippen LogP contribution < -0.4 is 5.73 Å². The molecule has 0 unspecified atom stereocenters. The highest BCUT2D eigenvalue weighted by Gasteiger charge is 2.35. The Morgan fingerprint density at radius 2 is 1.67 bits per heavy atom. The van der Waals surface area contributed by atoms with Crippen molar-refractivity contribution in [3.05, 3.63) is 0 Å². The van der Waals surface area contributed by atoms with Crippen molar-refractivity contribution < 1.29 is 0 Å². The quantitative estimate of drug-likeness (QED) is 0.687. The highest BCUT2D eigenvalue weighted by atomic mass is 14.5. The van der Waals surface area contributed by atoms with Crippen LogP contribution in [0.25, 0.3) is 0 Å². The molecule has 0 aliphatic heterocycles. The highest BCUT2D eigenvalue weighted by molar-refractivity contribution is 4.86. The van der Waals surface area contributed by atoms with Crippen LogP contribution in [0.3, 0.4) is 0 Å². The van der Waals surface area contributed by atoms with Gasteiger partial charge in [0, 0.05) is 0 Å². The van der Waals surface area contributed by atoms with Crippen LogP contribution in [0.4, 0.5) is 0 Å². The van der Waals surface area contributed by atoms with Crippen LogP contribution in [-0.4, -0.2) is 6.54 Å². The molecular formula is C11H21N. The van der Waals surface area contributed by atoms with Gasteiger partial charge in [-0.05, 0) is 43.6 Å². The number of rotatable bonds is 3. The van der Waals surface area contributed by atoms with E-state index in [2.05, 4.69) is 0 Å². The van der Waals surface area contributed by atoms with Crippen molar-refractivity contribution in [2.24, 2.45) is 23.5 Å². The molecule has 1 heteroatoms. The smallest absolute Gasteiger partial charge is 0.00746 e. The lowest BCUT2D eigenvalue weighted by Gasteiger charge is -2.39. The van der Waals surface area contributed by atoms with Gasteiger partial charge in [0.25, 0.3) is 0 Å². The first-order chi connectivity index (χ1) is 5.90. The molecule has 0 spiro atoms. The molecule has 0 heterocycles. The Bertz CT molecular complexity index is 132. The molecule has 0 aromatic carbocycles. The molecule has 0 aromatic rings. The van der Waals surface area contributed by atoms with Crippen LogP contribution in [0.5, 0.6) is 0 Å². The lowest BCUT2D eigenvalue weighted by atomic mass is 9.67. The highest BCUT2D eigenvalue weighted by Crippen LogP contribution is 2.46. The van der Waals surface area contributed by atoms with Crippen molar-refractivity contribution in [3.63, 3.8) is 0 Å². The fraction of sp³-hybridized carbons (Fsp3) is 1.00. The molecule has 70 valence electrons. The van der Waals surface area contributed by atoms with E-state index in [0.717, 1.165) is 24.3 Å². The largest absolute Gasteiger partial charge is 0.330 e. The number of hydrogen-bond donors (Lipinski definition) is 1. The molecule has 2 fully saturated rings. The van der Waals surface area contributed by atoms with E-state index in [1.807, 2.05) is 0 Å². The second kappa shape index (κ2) is 3.78. The fourth-order valence-corrected chi connectivity index (χ4v) is 3.07. The van der Waals surface area contributed by atoms with E-state index >= 15 is 0 Å². The van der Waals surface area contributed by atoms with Crippen LogP contribution in [-0.2, 0) is 0 Å². The molecule has 2 saturated carbocycles. The molecule has 12 heavy (non-hydrogen) atoms. The molecule has 2 aliphatic carbocycles. The molecule has 0 radical (unpaired) electrons. The fourth-order valence-electron chi connectivity index (χ4n) is 3.07. The zero-order valence-electron chi connectivity index (χ0n) is 7.97. The minimum Gasteiger partial charge on any atom is -0.330 e. The summed E-state index contributed by atoms with van der Waals surface area (Å²) in [5.41, 5.74) is 5.54. The van der Waals surface area contributed by atoms with Gasteiger partial charge in [0.15, 0.2) is 0 Å². The molecule has 0 bridgehead atoms. The zero-order valence-corrected chi connectivity index (χ0v) is 7.97. The third-order valence-electron chi connectivity index (χ3n) is 3.91. The minimum absolute atomic E-state index is 0.905. The summed E-state index contributed by atoms with van der Waals surface area (Å²) in [5, 5.41) is 0. The Kier molecular flexibility index (Phi) is 2.69. The second-order valence-corrected chi connectivity index (χ2v) is 4.72. The minimum atomic E-state index is 0.905. The van der Waals surface area contributed by atoms with Gasteiger partial charge in [-0.25, -0.2) is 0 Å². The monoisotopic (exact) mass is 167 g/mol. The van der Waals surface area contributed by atoms with Crippen LogP contribution in [0.15, 0.2) is 0 Å². The molecule has 0 atom stereocenters. The normalized spacial score (nSPS) is 36.8. The third-order valence-corrected chi connectivity index (χ3v) is 3.91. The third kappa shape index (κ3) is 1.66. The van der Waals surface area contributed by atoms with Crippen LogP contribution >= 0.6 is 0 Å². The summed E-state index contributed by atoms with van der Waals surface area (Å²) in [6.07, 6.45) is 10.3. The first kappa shape index (κ1) is 8.55. The molecule has 0 saturated heterocycles. The second-order valence-electron chi connectivity index (χ2n) is 4.72. The number of nitrogens with two attached hydrogens (primary N) is 1. The van der Waals surface area contributed by atoms with Gasteiger partial charge in [-0.15, -0.1) is 0 Å². The molecule has 0 amide bonds. The van der Waals surface area contributed by atoms with Crippen LogP contribution in [0.1, 0.15) is 44.9 Å². The van der Waals surface area contributed by atoms with E-state index in [0.29, 0.717) is 0 Å². The average molecular weight is 167 g/mol. The summed E-state index contributed by atoms with van der Waals surface area (Å²) in [5.74, 6) is 3.21. The summed E-state index contributed by atoms with van der Waals surface area (Å²) < 4.78 is 0. The molecule has 2 N–H and O–H groups in total. The van der Waals surface area contributed by atoms with Crippen molar-refractivity contribution >= 4 is 0 Å². The number of hydrogen-bond acceptors (Lipinski definition) is 1. The molecular weight excluding hydrogens is 146 g/mol. The zero-order chi connectivity index (χ0) is 8.39. The Labute approximate surface area is 75.7 Å². The molecule has 0 aromatic heterocycles. The van der Waals surface area contributed by atoms with E-state index in [-0.39, 0.29) is 0 Å². The summed E-state index contributed by atoms with van der Waals surface area (Å²) in [7, 11) is 0. The van der Waals surface area contributed by atoms with Crippen LogP contribution in [0.2, 0.25) is 0 Å². The predicted molar refractivity (Wildman–Crippen MR) is 51.8 cm³/mol. The Balaban J connectivity index is 1.66. The van der Waals surface area contributed by atoms with Gasteiger partial charge in [0.2, 0.25) is 0 Å². The average Bonchev–Trinajstić information content (AvgIpc) is 2.47. The Hall–Kier alpha value is -0.0400. The lowest BCUT2D eigenvalue weighted by Crippen LogP contribution is -2.30. The first-order valence-electron chi connectivity index (χ1n) is 5.60. The summed E-state index contributed by atoms with van der Waals surface area (Å²) in [6.45, 7) is 0.905. The lowest BCUT2D eigenvalue weighted by molar-refractivity contribution is 0.121. The Morgan fingerprint density at radius 1 is 1.00 bits per heavy atom. The van der Waals surface area contributed by atoms with Crippen molar-refractivity contribution in [1.29, 1.82) is 0 Å². The maximum atomic E-state index is 5.54. The van der Waals surface area contributed by atoms with Gasteiger partial charge in [0.05, 0.1) is 0 Å². The topological polar surface area (TPSA) is 26.0 Å². The van der Waals surface area contributed by atoms with Crippen molar-refractivity contribution in [2.45, 2.75) is 44.9 Å². The Morgan fingerprint density at radius 3 is 2.25 bits per heavy atom. The van der Waals surface area contributed by atoms with Gasteiger partial charge in [-0.2, -0.15) is 0 Å². The maximum absolute atomic E-state index is 5.54. The maximum Gasteiger partial charge on any atom is -0.00746 e. The summed E-state index contributed by atoms with van der Waals surface area (Å²) in [4.78, 5) is 0. The molecule has 2 rings (SSSR count). The van der Waals surface area contributed by atoms with Crippen LogP contribution in [0, 0.1) is 17.8 Å². The van der Waals surface area contributed by atoms with E-state index in [1.54, 1.807) is 0 Å². The predicted octanol–water partition coefficient (Wildman–Crippen LogP) is 2.55. The molecule has 2 aliphatic rings. The van der Waals surface area contributed by atoms with Crippen molar-refractivity contribution in [3.8, 4) is 0 Å². The van der Waals surface area contributed by atoms with E-state index in [1.165, 1.54) is 44.9 Å². The van der Waals surface area contributed by atoms with E-state index in [9.17, 15) is 0 Å². The van der Waals surface area contributed by atoms with E-state index in [4.69, 9.17) is 5.73 Å². The summed E-state index contributed by atoms with van der Waals surface area (Å²) >= 11 is 0. The summed E-state index contributed by atoms with van der Waals surface area (Å²) in [6, 6.07) is 0. The van der Waals surface area contributed by atoms with Crippen molar-refractivity contribution in [1.82, 2.24) is 0 Å². The van der Waals surface area contributed by atoms with E-state index < -0.39 is 0 Å².